The van der Waals surface area contributed by atoms with E-state index in [1.165, 1.54) is 12.1 Å². The van der Waals surface area contributed by atoms with Crippen LogP contribution in [0.1, 0.15) is 17.2 Å². The number of amides is 2. The van der Waals surface area contributed by atoms with Crippen LogP contribution in [0.25, 0.3) is 0 Å². The van der Waals surface area contributed by atoms with Crippen molar-refractivity contribution in [3.8, 4) is 0 Å². The highest BCUT2D eigenvalue weighted by atomic mass is 35.5. The molecule has 1 aliphatic heterocycles. The average Bonchev–Trinajstić information content (AvgIpc) is 2.79. The molecule has 4 nitrogen and oxygen atoms in total. The van der Waals surface area contributed by atoms with Crippen LogP contribution in [-0.4, -0.2) is 30.6 Å². The summed E-state index contributed by atoms with van der Waals surface area (Å²) in [6, 6.07) is 16.3. The molecular weight excluding hydrogens is 510 g/mol. The molecule has 4 rings (SSSR count). The summed E-state index contributed by atoms with van der Waals surface area (Å²) in [6.45, 7) is 1.07. The van der Waals surface area contributed by atoms with E-state index in [-0.39, 0.29) is 18.3 Å². The fourth-order valence-electron chi connectivity index (χ4n) is 3.92. The highest BCUT2D eigenvalue weighted by molar-refractivity contribution is 6.36. The van der Waals surface area contributed by atoms with E-state index < -0.39 is 17.8 Å². The van der Waals surface area contributed by atoms with Crippen molar-refractivity contribution in [3.05, 3.63) is 92.9 Å². The number of urea groups is 1. The van der Waals surface area contributed by atoms with E-state index in [0.717, 1.165) is 23.4 Å². The summed E-state index contributed by atoms with van der Waals surface area (Å²) in [4.78, 5) is 16.6. The molecule has 1 fully saturated rings. The Hall–Kier alpha value is -2.61. The van der Waals surface area contributed by atoms with Gasteiger partial charge in [0.15, 0.2) is 0 Å². The van der Waals surface area contributed by atoms with E-state index >= 15 is 0 Å². The smallest absolute Gasteiger partial charge is 0.360 e. The molecule has 0 bridgehead atoms. The molecule has 1 aliphatic rings. The van der Waals surface area contributed by atoms with Crippen molar-refractivity contribution in [2.24, 2.45) is 0 Å². The lowest BCUT2D eigenvalue weighted by atomic mass is 10.0. The maximum Gasteiger partial charge on any atom is 0.416 e. The summed E-state index contributed by atoms with van der Waals surface area (Å²) in [6.07, 6.45) is -4.50. The molecule has 178 valence electrons. The Labute approximate surface area is 209 Å². The summed E-state index contributed by atoms with van der Waals surface area (Å²) >= 11 is 18.6. The average molecular weight is 529 g/mol. The predicted octanol–water partition coefficient (Wildman–Crippen LogP) is 7.76. The van der Waals surface area contributed by atoms with Crippen LogP contribution in [-0.2, 0) is 6.18 Å². The van der Waals surface area contributed by atoms with Crippen LogP contribution in [0.5, 0.6) is 0 Å². The van der Waals surface area contributed by atoms with Gasteiger partial charge < -0.3 is 15.1 Å². The molecule has 0 radical (unpaired) electrons. The number of hydrogen-bond acceptors (Lipinski definition) is 2. The number of anilines is 2. The normalized spacial score (nSPS) is 16.5. The van der Waals surface area contributed by atoms with Gasteiger partial charge in [-0.2, -0.15) is 13.2 Å². The van der Waals surface area contributed by atoms with Crippen molar-refractivity contribution >= 4 is 52.2 Å². The van der Waals surface area contributed by atoms with E-state index in [1.807, 2.05) is 18.2 Å². The lowest BCUT2D eigenvalue weighted by Crippen LogP contribution is -2.51. The van der Waals surface area contributed by atoms with Gasteiger partial charge in [-0.3, -0.25) is 0 Å². The van der Waals surface area contributed by atoms with E-state index in [9.17, 15) is 18.0 Å². The zero-order chi connectivity index (χ0) is 24.5. The van der Waals surface area contributed by atoms with Crippen LogP contribution in [0.2, 0.25) is 15.1 Å². The van der Waals surface area contributed by atoms with Crippen LogP contribution in [0.15, 0.2) is 66.7 Å². The Balaban J connectivity index is 1.58. The van der Waals surface area contributed by atoms with Crippen molar-refractivity contribution in [2.75, 3.05) is 29.9 Å². The number of nitrogens with one attached hydrogen (secondary N) is 1. The number of nitrogens with zero attached hydrogens (tertiary/aromatic N) is 2. The van der Waals surface area contributed by atoms with Crippen LogP contribution < -0.4 is 10.2 Å². The Morgan fingerprint density at radius 2 is 1.62 bits per heavy atom. The van der Waals surface area contributed by atoms with Gasteiger partial charge in [0.2, 0.25) is 0 Å². The first kappa shape index (κ1) is 24.5. The van der Waals surface area contributed by atoms with Gasteiger partial charge in [0, 0.05) is 35.4 Å². The third-order valence-corrected chi connectivity index (χ3v) is 6.37. The standard InChI is InChI=1S/C24H19Cl3F3N3O/c25-17-6-4-15(5-7-17)22-14-32(10-11-33(22)21-9-8-18(26)13-20(21)27)23(34)31-19-3-1-2-16(12-19)24(28,29)30/h1-9,12-13,22H,10-11,14H2,(H,31,34). The molecule has 2 amide bonds. The van der Waals surface area contributed by atoms with Gasteiger partial charge in [-0.25, -0.2) is 4.79 Å². The lowest BCUT2D eigenvalue weighted by molar-refractivity contribution is -0.137. The van der Waals surface area contributed by atoms with E-state index in [4.69, 9.17) is 34.8 Å². The van der Waals surface area contributed by atoms with Crippen molar-refractivity contribution in [1.29, 1.82) is 0 Å². The number of benzene rings is 3. The maximum atomic E-state index is 13.0. The number of carbonyl (C=O) groups excluding carboxylic acids is 1. The molecule has 34 heavy (non-hydrogen) atoms. The molecule has 0 aliphatic carbocycles. The van der Waals surface area contributed by atoms with Crippen LogP contribution in [0.3, 0.4) is 0 Å². The number of rotatable bonds is 3. The van der Waals surface area contributed by atoms with Gasteiger partial charge in [-0.1, -0.05) is 53.0 Å². The lowest BCUT2D eigenvalue weighted by Gasteiger charge is -2.43. The SMILES string of the molecule is O=C(Nc1cccc(C(F)(F)F)c1)N1CCN(c2ccc(Cl)cc2Cl)C(c2ccc(Cl)cc2)C1. The second kappa shape index (κ2) is 9.94. The van der Waals surface area contributed by atoms with Crippen molar-refractivity contribution in [1.82, 2.24) is 4.90 Å². The minimum absolute atomic E-state index is 0.0750. The van der Waals surface area contributed by atoms with Gasteiger partial charge in [0.25, 0.3) is 0 Å². The number of alkyl halides is 3. The maximum absolute atomic E-state index is 13.0. The molecule has 1 N–H and O–H groups in total. The van der Waals surface area contributed by atoms with Crippen molar-refractivity contribution in [2.45, 2.75) is 12.2 Å². The van der Waals surface area contributed by atoms with Gasteiger partial charge in [-0.05, 0) is 54.1 Å². The number of carbonyl (C=O) groups is 1. The van der Waals surface area contributed by atoms with Crippen molar-refractivity contribution < 1.29 is 18.0 Å². The molecular formula is C24H19Cl3F3N3O. The third-order valence-electron chi connectivity index (χ3n) is 5.58. The zero-order valence-electron chi connectivity index (χ0n) is 17.6. The van der Waals surface area contributed by atoms with Gasteiger partial charge in [-0.15, -0.1) is 0 Å². The van der Waals surface area contributed by atoms with Crippen LogP contribution >= 0.6 is 34.8 Å². The largest absolute Gasteiger partial charge is 0.416 e. The second-order valence-corrected chi connectivity index (χ2v) is 9.09. The second-order valence-electron chi connectivity index (χ2n) is 7.81. The Kier molecular flexibility index (Phi) is 7.17. The number of halogens is 6. The summed E-state index contributed by atoms with van der Waals surface area (Å²) in [7, 11) is 0. The van der Waals surface area contributed by atoms with E-state index in [1.54, 1.807) is 29.2 Å². The molecule has 1 atom stereocenters. The summed E-state index contributed by atoms with van der Waals surface area (Å²) < 4.78 is 39.1. The molecule has 0 aromatic heterocycles. The minimum Gasteiger partial charge on any atom is -0.360 e. The minimum atomic E-state index is -4.50. The molecule has 3 aromatic carbocycles. The van der Waals surface area contributed by atoms with Gasteiger partial charge >= 0.3 is 12.2 Å². The molecule has 0 saturated carbocycles. The first-order valence-electron chi connectivity index (χ1n) is 10.3. The Morgan fingerprint density at radius 3 is 2.29 bits per heavy atom. The van der Waals surface area contributed by atoms with E-state index in [0.29, 0.717) is 28.2 Å². The first-order chi connectivity index (χ1) is 16.1. The molecule has 10 heteroatoms. The van der Waals surface area contributed by atoms with Crippen LogP contribution in [0, 0.1) is 0 Å². The zero-order valence-corrected chi connectivity index (χ0v) is 19.9. The summed E-state index contributed by atoms with van der Waals surface area (Å²) in [5, 5.41) is 4.15. The Morgan fingerprint density at radius 1 is 0.912 bits per heavy atom. The predicted molar refractivity (Wildman–Crippen MR) is 130 cm³/mol. The molecule has 1 heterocycles. The van der Waals surface area contributed by atoms with E-state index in [2.05, 4.69) is 10.2 Å². The quantitative estimate of drug-likeness (QED) is 0.377. The highest BCUT2D eigenvalue weighted by Gasteiger charge is 2.33. The monoisotopic (exact) mass is 527 g/mol. The Bertz CT molecular complexity index is 1190. The molecule has 3 aromatic rings. The topological polar surface area (TPSA) is 35.6 Å². The van der Waals surface area contributed by atoms with Gasteiger partial charge in [0.05, 0.1) is 22.3 Å². The first-order valence-corrected chi connectivity index (χ1v) is 11.5. The number of piperazine rings is 1. The fourth-order valence-corrected chi connectivity index (χ4v) is 4.56. The molecule has 1 saturated heterocycles. The summed E-state index contributed by atoms with van der Waals surface area (Å²) in [5.41, 5.74) is 0.925. The number of hydrogen-bond donors (Lipinski definition) is 1. The molecule has 1 unspecified atom stereocenters. The molecule has 0 spiro atoms. The third kappa shape index (κ3) is 5.54. The fraction of sp³-hybridized carbons (Fsp3) is 0.208. The summed E-state index contributed by atoms with van der Waals surface area (Å²) in [5.74, 6) is 0. The van der Waals surface area contributed by atoms with Crippen molar-refractivity contribution in [3.63, 3.8) is 0 Å². The van der Waals surface area contributed by atoms with Gasteiger partial charge in [0.1, 0.15) is 0 Å². The van der Waals surface area contributed by atoms with Crippen LogP contribution in [0.4, 0.5) is 29.3 Å². The highest BCUT2D eigenvalue weighted by Crippen LogP contribution is 2.37.